The Balaban J connectivity index is 0.000000396. The van der Waals surface area contributed by atoms with E-state index in [-0.39, 0.29) is 0 Å². The Morgan fingerprint density at radius 2 is 2.05 bits per heavy atom. The highest BCUT2D eigenvalue weighted by Crippen LogP contribution is 2.40. The van der Waals surface area contributed by atoms with Crippen LogP contribution in [0.2, 0.25) is 4.34 Å². The van der Waals surface area contributed by atoms with Crippen LogP contribution in [0.15, 0.2) is 43.0 Å². The number of aryl methyl sites for hydroxylation is 1. The van der Waals surface area contributed by atoms with Crippen LogP contribution < -0.4 is 0 Å². The molecule has 0 spiro atoms. The van der Waals surface area contributed by atoms with Gasteiger partial charge in [0.15, 0.2) is 0 Å². The largest absolute Gasteiger partial charge is 0.300 e. The number of nitrogens with zero attached hydrogens (tertiary/aromatic N) is 1. The van der Waals surface area contributed by atoms with Crippen molar-refractivity contribution in [3.8, 4) is 0 Å². The van der Waals surface area contributed by atoms with Gasteiger partial charge in [-0.05, 0) is 36.7 Å². The quantitative estimate of drug-likeness (QED) is 0.494. The highest BCUT2D eigenvalue weighted by Gasteiger charge is 2.27. The molecule has 22 heavy (non-hydrogen) atoms. The van der Waals surface area contributed by atoms with Gasteiger partial charge in [-0.1, -0.05) is 41.9 Å². The summed E-state index contributed by atoms with van der Waals surface area (Å²) in [6.45, 7) is 7.64. The Hall–Kier alpha value is -0.800. The summed E-state index contributed by atoms with van der Waals surface area (Å²) in [6.07, 6.45) is 1.64. The first-order chi connectivity index (χ1) is 10.6. The summed E-state index contributed by atoms with van der Waals surface area (Å²) in [6, 6.07) is 10.8. The number of hydrogen-bond acceptors (Lipinski definition) is 2. The number of likely N-dealkylation sites (N-methyl/N-ethyl adjacent to an activating group) is 1. The smallest absolute Gasteiger partial charge is 0.0934 e. The maximum absolute atomic E-state index is 6.19. The number of thiophene rings is 1. The SMILES string of the molecule is C=CCCl.Cc1ccccc1[C@@H]1CN(C)Cc2sc(Cl)cc21. The van der Waals surface area contributed by atoms with Crippen molar-refractivity contribution in [3.05, 3.63) is 68.9 Å². The minimum absolute atomic E-state index is 0.462. The molecule has 0 bridgehead atoms. The lowest BCUT2D eigenvalue weighted by Gasteiger charge is -2.31. The second-order valence-electron chi connectivity index (χ2n) is 5.48. The molecule has 1 atom stereocenters. The summed E-state index contributed by atoms with van der Waals surface area (Å²) in [7, 11) is 2.18. The second kappa shape index (κ2) is 8.16. The first kappa shape index (κ1) is 17.6. The molecule has 0 aliphatic carbocycles. The predicted octanol–water partition coefficient (Wildman–Crippen LogP) is 5.70. The van der Waals surface area contributed by atoms with Gasteiger partial charge in [-0.3, -0.25) is 0 Å². The summed E-state index contributed by atoms with van der Waals surface area (Å²) < 4.78 is 0.911. The molecule has 1 aliphatic heterocycles. The van der Waals surface area contributed by atoms with Gasteiger partial charge in [0.05, 0.1) is 4.34 Å². The monoisotopic (exact) mass is 353 g/mol. The van der Waals surface area contributed by atoms with E-state index < -0.39 is 0 Å². The molecular weight excluding hydrogens is 333 g/mol. The highest BCUT2D eigenvalue weighted by molar-refractivity contribution is 7.16. The summed E-state index contributed by atoms with van der Waals surface area (Å²) in [4.78, 5) is 3.80. The van der Waals surface area contributed by atoms with Crippen LogP contribution in [0.25, 0.3) is 0 Å². The number of fused-ring (bicyclic) bond motifs is 1. The van der Waals surface area contributed by atoms with Gasteiger partial charge in [-0.2, -0.15) is 0 Å². The van der Waals surface area contributed by atoms with E-state index in [0.29, 0.717) is 11.8 Å². The zero-order chi connectivity index (χ0) is 16.1. The number of rotatable bonds is 2. The van der Waals surface area contributed by atoms with E-state index >= 15 is 0 Å². The van der Waals surface area contributed by atoms with Crippen LogP contribution in [0.4, 0.5) is 0 Å². The van der Waals surface area contributed by atoms with Crippen molar-refractivity contribution in [1.82, 2.24) is 4.90 Å². The molecule has 2 heterocycles. The third-order valence-corrected chi connectivity index (χ3v) is 5.25. The molecule has 1 nitrogen and oxygen atoms in total. The van der Waals surface area contributed by atoms with E-state index in [2.05, 4.69) is 55.8 Å². The van der Waals surface area contributed by atoms with Crippen LogP contribution in [0.1, 0.15) is 27.5 Å². The minimum atomic E-state index is 0.462. The van der Waals surface area contributed by atoms with Gasteiger partial charge in [0.25, 0.3) is 0 Å². The van der Waals surface area contributed by atoms with Crippen LogP contribution in [0.3, 0.4) is 0 Å². The molecule has 0 fully saturated rings. The van der Waals surface area contributed by atoms with Crippen molar-refractivity contribution in [2.24, 2.45) is 0 Å². The Morgan fingerprint density at radius 3 is 2.68 bits per heavy atom. The van der Waals surface area contributed by atoms with Crippen molar-refractivity contribution in [1.29, 1.82) is 0 Å². The van der Waals surface area contributed by atoms with Crippen LogP contribution in [0.5, 0.6) is 0 Å². The molecular formula is C18H21Cl2NS. The lowest BCUT2D eigenvalue weighted by molar-refractivity contribution is 0.299. The average Bonchev–Trinajstić information content (AvgIpc) is 2.87. The van der Waals surface area contributed by atoms with E-state index in [1.54, 1.807) is 17.4 Å². The Kier molecular flexibility index (Phi) is 6.51. The van der Waals surface area contributed by atoms with Crippen molar-refractivity contribution in [3.63, 3.8) is 0 Å². The van der Waals surface area contributed by atoms with Gasteiger partial charge in [-0.25, -0.2) is 0 Å². The zero-order valence-corrected chi connectivity index (χ0v) is 15.3. The number of allylic oxidation sites excluding steroid dienone is 1. The van der Waals surface area contributed by atoms with Gasteiger partial charge in [0.2, 0.25) is 0 Å². The van der Waals surface area contributed by atoms with Gasteiger partial charge < -0.3 is 4.90 Å². The number of hydrogen-bond donors (Lipinski definition) is 0. The van der Waals surface area contributed by atoms with Crippen molar-refractivity contribution in [2.75, 3.05) is 19.5 Å². The first-order valence-corrected chi connectivity index (χ1v) is 8.98. The molecule has 0 unspecified atom stereocenters. The number of benzene rings is 1. The van der Waals surface area contributed by atoms with E-state index in [9.17, 15) is 0 Å². The predicted molar refractivity (Wildman–Crippen MR) is 99.6 cm³/mol. The standard InChI is InChI=1S/C15H16ClNS.C3H5Cl/c1-10-5-3-4-6-11(10)13-8-17(2)9-14-12(13)7-15(16)18-14;1-2-3-4/h3-7,13H,8-9H2,1-2H3;2H,1,3H2/t13-;/m0./s1. The summed E-state index contributed by atoms with van der Waals surface area (Å²) in [5.41, 5.74) is 4.23. The van der Waals surface area contributed by atoms with E-state index in [1.165, 1.54) is 21.6 Å². The normalized spacial score (nSPS) is 17.4. The zero-order valence-electron chi connectivity index (χ0n) is 13.0. The third kappa shape index (κ3) is 4.14. The lowest BCUT2D eigenvalue weighted by Crippen LogP contribution is -2.30. The van der Waals surface area contributed by atoms with Crippen LogP contribution >= 0.6 is 34.5 Å². The van der Waals surface area contributed by atoms with Crippen molar-refractivity contribution >= 4 is 34.5 Å². The Labute approximate surface area is 147 Å². The Bertz CT molecular complexity index is 636. The highest BCUT2D eigenvalue weighted by atomic mass is 35.5. The molecule has 3 rings (SSSR count). The van der Waals surface area contributed by atoms with Crippen molar-refractivity contribution < 1.29 is 0 Å². The number of halogens is 2. The van der Waals surface area contributed by atoms with E-state index in [1.807, 2.05) is 0 Å². The molecule has 0 saturated heterocycles. The number of alkyl halides is 1. The fraction of sp³-hybridized carbons (Fsp3) is 0.333. The van der Waals surface area contributed by atoms with Crippen molar-refractivity contribution in [2.45, 2.75) is 19.4 Å². The van der Waals surface area contributed by atoms with E-state index in [4.69, 9.17) is 23.2 Å². The minimum Gasteiger partial charge on any atom is -0.300 e. The molecule has 1 aromatic heterocycles. The Morgan fingerprint density at radius 1 is 1.36 bits per heavy atom. The molecule has 0 N–H and O–H groups in total. The van der Waals surface area contributed by atoms with Gasteiger partial charge in [0.1, 0.15) is 0 Å². The van der Waals surface area contributed by atoms with E-state index in [0.717, 1.165) is 17.4 Å². The van der Waals surface area contributed by atoms with Crippen LogP contribution in [-0.2, 0) is 6.54 Å². The van der Waals surface area contributed by atoms with Crippen LogP contribution in [0, 0.1) is 6.92 Å². The average molecular weight is 354 g/mol. The molecule has 1 aliphatic rings. The second-order valence-corrected chi connectivity index (χ2v) is 7.55. The molecule has 2 aromatic rings. The van der Waals surface area contributed by atoms with Gasteiger partial charge >= 0.3 is 0 Å². The summed E-state index contributed by atoms with van der Waals surface area (Å²) >= 11 is 13.0. The van der Waals surface area contributed by atoms with Gasteiger partial charge in [0, 0.05) is 29.8 Å². The first-order valence-electron chi connectivity index (χ1n) is 7.25. The molecule has 1 aromatic carbocycles. The third-order valence-electron chi connectivity index (χ3n) is 3.77. The molecule has 118 valence electrons. The molecule has 0 saturated carbocycles. The summed E-state index contributed by atoms with van der Waals surface area (Å²) in [5.74, 6) is 1.02. The van der Waals surface area contributed by atoms with Gasteiger partial charge in [-0.15, -0.1) is 29.5 Å². The lowest BCUT2D eigenvalue weighted by atomic mass is 9.86. The fourth-order valence-corrected chi connectivity index (χ4v) is 4.21. The molecule has 0 amide bonds. The maximum atomic E-state index is 6.19. The molecule has 4 heteroatoms. The summed E-state index contributed by atoms with van der Waals surface area (Å²) in [5, 5.41) is 0. The topological polar surface area (TPSA) is 3.24 Å². The van der Waals surface area contributed by atoms with Crippen LogP contribution in [-0.4, -0.2) is 24.4 Å². The maximum Gasteiger partial charge on any atom is 0.0934 e. The fourth-order valence-electron chi connectivity index (χ4n) is 2.79. The molecule has 0 radical (unpaired) electrons.